The lowest BCUT2D eigenvalue weighted by Gasteiger charge is -2.16. The van der Waals surface area contributed by atoms with E-state index in [9.17, 15) is 0 Å². The minimum atomic E-state index is 0.738. The van der Waals surface area contributed by atoms with Gasteiger partial charge in [0.1, 0.15) is 5.04 Å². The molecule has 4 heteroatoms. The van der Waals surface area contributed by atoms with Gasteiger partial charge in [0.05, 0.1) is 0 Å². The number of nitrogens with zero attached hydrogens (tertiary/aromatic N) is 2. The Morgan fingerprint density at radius 2 is 2.00 bits per heavy atom. The predicted octanol–water partition coefficient (Wildman–Crippen LogP) is 1.87. The Morgan fingerprint density at radius 1 is 1.42 bits per heavy atom. The van der Waals surface area contributed by atoms with E-state index in [1.165, 1.54) is 0 Å². The Balaban J connectivity index is 3.41. The molecular formula is C8H18N2OS. The third kappa shape index (κ3) is 5.43. The molecule has 0 unspecified atom stereocenters. The fraction of sp³-hybridized carbons (Fsp3) is 0.875. The van der Waals surface area contributed by atoms with Crippen LogP contribution in [-0.4, -0.2) is 40.5 Å². The van der Waals surface area contributed by atoms with E-state index in [2.05, 4.69) is 23.9 Å². The Hall–Kier alpha value is -0.220. The number of thioether (sulfide) groups is 1. The topological polar surface area (TPSA) is 35.8 Å². The van der Waals surface area contributed by atoms with E-state index in [0.29, 0.717) is 0 Å². The van der Waals surface area contributed by atoms with Gasteiger partial charge in [-0.2, -0.15) is 0 Å². The van der Waals surface area contributed by atoms with Gasteiger partial charge in [0, 0.05) is 12.3 Å². The first kappa shape index (κ1) is 11.8. The van der Waals surface area contributed by atoms with Gasteiger partial charge in [-0.1, -0.05) is 19.0 Å². The van der Waals surface area contributed by atoms with Crippen LogP contribution in [0, 0.1) is 0 Å². The molecule has 0 radical (unpaired) electrons. The van der Waals surface area contributed by atoms with E-state index in [1.807, 2.05) is 6.92 Å². The summed E-state index contributed by atoms with van der Waals surface area (Å²) in [6.07, 6.45) is 0. The maximum Gasteiger partial charge on any atom is 0.109 e. The number of oxime groups is 1. The van der Waals surface area contributed by atoms with Gasteiger partial charge < -0.3 is 10.1 Å². The first-order valence-electron chi connectivity index (χ1n) is 4.28. The lowest BCUT2D eigenvalue weighted by molar-refractivity contribution is 0.320. The van der Waals surface area contributed by atoms with Crippen molar-refractivity contribution in [2.45, 2.75) is 20.8 Å². The molecule has 1 N–H and O–H groups in total. The minimum absolute atomic E-state index is 0.738. The van der Waals surface area contributed by atoms with Crippen LogP contribution in [0.5, 0.6) is 0 Å². The zero-order chi connectivity index (χ0) is 9.40. The van der Waals surface area contributed by atoms with Crippen LogP contribution in [0.1, 0.15) is 20.8 Å². The second kappa shape index (κ2) is 7.43. The molecule has 0 aromatic heterocycles. The van der Waals surface area contributed by atoms with Gasteiger partial charge in [-0.3, -0.25) is 0 Å². The maximum atomic E-state index is 8.37. The molecule has 0 bridgehead atoms. The zero-order valence-corrected chi connectivity index (χ0v) is 8.89. The van der Waals surface area contributed by atoms with Crippen molar-refractivity contribution >= 4 is 16.8 Å². The highest BCUT2D eigenvalue weighted by molar-refractivity contribution is 8.13. The highest BCUT2D eigenvalue weighted by Crippen LogP contribution is 2.03. The molecule has 0 saturated heterocycles. The normalized spacial score (nSPS) is 12.5. The lowest BCUT2D eigenvalue weighted by atomic mass is 10.5. The monoisotopic (exact) mass is 190 g/mol. The Morgan fingerprint density at radius 3 is 2.42 bits per heavy atom. The molecule has 0 saturated carbocycles. The summed E-state index contributed by atoms with van der Waals surface area (Å²) in [6, 6.07) is 0. The molecule has 0 rings (SSSR count). The zero-order valence-electron chi connectivity index (χ0n) is 8.08. The third-order valence-corrected chi connectivity index (χ3v) is 2.64. The van der Waals surface area contributed by atoms with E-state index in [1.54, 1.807) is 11.8 Å². The van der Waals surface area contributed by atoms with Gasteiger partial charge in [-0.25, -0.2) is 0 Å². The maximum absolute atomic E-state index is 8.37. The first-order valence-corrected chi connectivity index (χ1v) is 5.26. The number of hydrogen-bond donors (Lipinski definition) is 1. The van der Waals surface area contributed by atoms with Crippen LogP contribution in [0.25, 0.3) is 0 Å². The van der Waals surface area contributed by atoms with E-state index in [4.69, 9.17) is 5.21 Å². The van der Waals surface area contributed by atoms with Crippen LogP contribution in [-0.2, 0) is 0 Å². The highest BCUT2D eigenvalue weighted by Gasteiger charge is 1.99. The molecule has 0 aromatic carbocycles. The fourth-order valence-electron chi connectivity index (χ4n) is 0.891. The third-order valence-electron chi connectivity index (χ3n) is 1.75. The predicted molar refractivity (Wildman–Crippen MR) is 55.1 cm³/mol. The average Bonchev–Trinajstić information content (AvgIpc) is 2.12. The van der Waals surface area contributed by atoms with Crippen LogP contribution in [0.3, 0.4) is 0 Å². The van der Waals surface area contributed by atoms with Gasteiger partial charge in [-0.15, -0.1) is 11.8 Å². The summed E-state index contributed by atoms with van der Waals surface area (Å²) in [7, 11) is 0. The van der Waals surface area contributed by atoms with E-state index >= 15 is 0 Å². The van der Waals surface area contributed by atoms with Crippen molar-refractivity contribution in [3.8, 4) is 0 Å². The molecular weight excluding hydrogens is 172 g/mol. The molecule has 12 heavy (non-hydrogen) atoms. The van der Waals surface area contributed by atoms with Crippen molar-refractivity contribution in [1.82, 2.24) is 4.90 Å². The summed E-state index contributed by atoms with van der Waals surface area (Å²) in [5.41, 5.74) is 0. The summed E-state index contributed by atoms with van der Waals surface area (Å²) in [5, 5.41) is 12.2. The van der Waals surface area contributed by atoms with Crippen LogP contribution in [0.4, 0.5) is 0 Å². The van der Waals surface area contributed by atoms with Crippen molar-refractivity contribution in [1.29, 1.82) is 0 Å². The van der Waals surface area contributed by atoms with Gasteiger partial charge >= 0.3 is 0 Å². The molecule has 0 aliphatic rings. The minimum Gasteiger partial charge on any atom is -0.410 e. The Kier molecular flexibility index (Phi) is 7.29. The van der Waals surface area contributed by atoms with Gasteiger partial charge in [0.25, 0.3) is 0 Å². The van der Waals surface area contributed by atoms with E-state index in [0.717, 1.165) is 30.4 Å². The van der Waals surface area contributed by atoms with Gasteiger partial charge in [0.15, 0.2) is 0 Å². The second-order valence-corrected chi connectivity index (χ2v) is 3.78. The molecule has 0 fully saturated rings. The molecule has 0 heterocycles. The molecule has 3 nitrogen and oxygen atoms in total. The molecule has 72 valence electrons. The van der Waals surface area contributed by atoms with Crippen LogP contribution in [0.15, 0.2) is 5.16 Å². The quantitative estimate of drug-likeness (QED) is 0.311. The number of hydrogen-bond acceptors (Lipinski definition) is 4. The smallest absolute Gasteiger partial charge is 0.109 e. The molecule has 0 aliphatic carbocycles. The van der Waals surface area contributed by atoms with E-state index in [-0.39, 0.29) is 0 Å². The average molecular weight is 190 g/mol. The van der Waals surface area contributed by atoms with Gasteiger partial charge in [-0.05, 0) is 20.0 Å². The molecule has 0 aromatic rings. The van der Waals surface area contributed by atoms with Crippen molar-refractivity contribution in [3.63, 3.8) is 0 Å². The molecule has 0 spiro atoms. The summed E-state index contributed by atoms with van der Waals surface area (Å²) in [4.78, 5) is 2.34. The Bertz CT molecular complexity index is 135. The number of rotatable bonds is 5. The molecule has 0 atom stereocenters. The van der Waals surface area contributed by atoms with Crippen LogP contribution in [0.2, 0.25) is 0 Å². The highest BCUT2D eigenvalue weighted by atomic mass is 32.2. The van der Waals surface area contributed by atoms with Crippen LogP contribution >= 0.6 is 11.8 Å². The fourth-order valence-corrected chi connectivity index (χ4v) is 1.59. The van der Waals surface area contributed by atoms with Crippen LogP contribution < -0.4 is 0 Å². The SMILES string of the molecule is CCN(CC)CCS/C(C)=N/O. The Labute approximate surface area is 78.8 Å². The summed E-state index contributed by atoms with van der Waals surface area (Å²) < 4.78 is 0. The lowest BCUT2D eigenvalue weighted by Crippen LogP contribution is -2.25. The van der Waals surface area contributed by atoms with Crippen molar-refractivity contribution in [2.75, 3.05) is 25.4 Å². The summed E-state index contributed by atoms with van der Waals surface area (Å²) >= 11 is 1.59. The molecule has 0 amide bonds. The van der Waals surface area contributed by atoms with Crippen molar-refractivity contribution < 1.29 is 5.21 Å². The second-order valence-electron chi connectivity index (χ2n) is 2.49. The molecule has 0 aliphatic heterocycles. The first-order chi connectivity index (χ1) is 5.74. The summed E-state index contributed by atoms with van der Waals surface area (Å²) in [5.74, 6) is 0.998. The van der Waals surface area contributed by atoms with Gasteiger partial charge in [0.2, 0.25) is 0 Å². The van der Waals surface area contributed by atoms with Crippen molar-refractivity contribution in [3.05, 3.63) is 0 Å². The van der Waals surface area contributed by atoms with Crippen molar-refractivity contribution in [2.24, 2.45) is 5.16 Å². The van der Waals surface area contributed by atoms with E-state index < -0.39 is 0 Å². The summed E-state index contributed by atoms with van der Waals surface area (Å²) in [6.45, 7) is 9.36. The largest absolute Gasteiger partial charge is 0.410 e. The standard InChI is InChI=1S/C8H18N2OS/c1-4-10(5-2)6-7-12-8(3)9-11/h11H,4-7H2,1-3H3/b9-8+.